The van der Waals surface area contributed by atoms with Gasteiger partial charge in [-0.05, 0) is 47.5 Å². The minimum Gasteiger partial charge on any atom is -0.399 e. The van der Waals surface area contributed by atoms with Crippen molar-refractivity contribution in [3.05, 3.63) is 94.8 Å². The molecular weight excluding hydrogens is 330 g/mol. The van der Waals surface area contributed by atoms with Crippen LogP contribution in [0.25, 0.3) is 11.0 Å². The summed E-state index contributed by atoms with van der Waals surface area (Å²) >= 11 is 6.01. The van der Waals surface area contributed by atoms with E-state index in [0.29, 0.717) is 0 Å². The van der Waals surface area contributed by atoms with Gasteiger partial charge in [0.1, 0.15) is 5.82 Å². The number of imidazole rings is 1. The zero-order valence-electron chi connectivity index (χ0n) is 13.7. The van der Waals surface area contributed by atoms with Crippen molar-refractivity contribution >= 4 is 28.3 Å². The average Bonchev–Trinajstić information content (AvgIpc) is 2.96. The molecule has 0 amide bonds. The predicted molar refractivity (Wildman–Crippen MR) is 104 cm³/mol. The molecule has 0 spiro atoms. The highest BCUT2D eigenvalue weighted by molar-refractivity contribution is 6.30. The summed E-state index contributed by atoms with van der Waals surface area (Å²) < 4.78 is 2.27. The first-order valence-corrected chi connectivity index (χ1v) is 8.60. The maximum absolute atomic E-state index is 6.01. The van der Waals surface area contributed by atoms with E-state index in [4.69, 9.17) is 22.3 Å². The lowest BCUT2D eigenvalue weighted by atomic mass is 10.1. The SMILES string of the molecule is Nc1ccc(Cc2nc3ccccc3n2Cc2ccc(Cl)cc2)cc1. The van der Waals surface area contributed by atoms with Crippen LogP contribution in [0, 0.1) is 0 Å². The number of aromatic nitrogens is 2. The first-order chi connectivity index (χ1) is 12.2. The maximum atomic E-state index is 6.01. The molecule has 4 heteroatoms. The Bertz CT molecular complexity index is 1000. The fourth-order valence-electron chi connectivity index (χ4n) is 3.03. The summed E-state index contributed by atoms with van der Waals surface area (Å²) in [4.78, 5) is 4.85. The molecule has 0 bridgehead atoms. The van der Waals surface area contributed by atoms with Gasteiger partial charge in [-0.25, -0.2) is 4.98 Å². The van der Waals surface area contributed by atoms with Gasteiger partial charge >= 0.3 is 0 Å². The third-order valence-corrected chi connectivity index (χ3v) is 4.58. The van der Waals surface area contributed by atoms with Gasteiger partial charge in [-0.3, -0.25) is 0 Å². The standard InChI is InChI=1S/C21H18ClN3/c22-17-9-5-16(6-10-17)14-25-20-4-2-1-3-19(20)24-21(25)13-15-7-11-18(23)12-8-15/h1-12H,13-14,23H2. The monoisotopic (exact) mass is 347 g/mol. The number of nitrogens with zero attached hydrogens (tertiary/aromatic N) is 2. The number of halogens is 1. The zero-order valence-corrected chi connectivity index (χ0v) is 14.4. The van der Waals surface area contributed by atoms with Crippen molar-refractivity contribution in [2.45, 2.75) is 13.0 Å². The lowest BCUT2D eigenvalue weighted by molar-refractivity contribution is 0.762. The first kappa shape index (κ1) is 15.7. The summed E-state index contributed by atoms with van der Waals surface area (Å²) in [7, 11) is 0. The van der Waals surface area contributed by atoms with Crippen molar-refractivity contribution in [1.29, 1.82) is 0 Å². The second-order valence-corrected chi connectivity index (χ2v) is 6.58. The molecule has 0 aliphatic carbocycles. The normalized spacial score (nSPS) is 11.1. The van der Waals surface area contributed by atoms with Gasteiger partial charge in [0.2, 0.25) is 0 Å². The van der Waals surface area contributed by atoms with Crippen LogP contribution in [0.4, 0.5) is 5.69 Å². The van der Waals surface area contributed by atoms with Crippen LogP contribution in [0.15, 0.2) is 72.8 Å². The van der Waals surface area contributed by atoms with Crippen molar-refractivity contribution in [2.75, 3.05) is 5.73 Å². The van der Waals surface area contributed by atoms with Crippen LogP contribution in [-0.2, 0) is 13.0 Å². The summed E-state index contributed by atoms with van der Waals surface area (Å²) in [6.45, 7) is 0.766. The van der Waals surface area contributed by atoms with Crippen LogP contribution in [0.5, 0.6) is 0 Å². The molecule has 2 N–H and O–H groups in total. The van der Waals surface area contributed by atoms with Gasteiger partial charge in [-0.2, -0.15) is 0 Å². The molecule has 0 aliphatic heterocycles. The van der Waals surface area contributed by atoms with E-state index in [1.165, 1.54) is 11.1 Å². The minimum absolute atomic E-state index is 0.751. The zero-order chi connectivity index (χ0) is 17.2. The van der Waals surface area contributed by atoms with E-state index >= 15 is 0 Å². The van der Waals surface area contributed by atoms with Crippen LogP contribution >= 0.6 is 11.6 Å². The molecule has 0 saturated heterocycles. The molecule has 1 heterocycles. The number of para-hydroxylation sites is 2. The molecule has 4 aromatic rings. The van der Waals surface area contributed by atoms with E-state index in [1.807, 2.05) is 30.3 Å². The van der Waals surface area contributed by atoms with Gasteiger partial charge < -0.3 is 10.3 Å². The number of nitrogen functional groups attached to an aromatic ring is 1. The highest BCUT2D eigenvalue weighted by Crippen LogP contribution is 2.21. The summed E-state index contributed by atoms with van der Waals surface area (Å²) in [6, 6.07) is 24.2. The summed E-state index contributed by atoms with van der Waals surface area (Å²) in [6.07, 6.45) is 0.766. The smallest absolute Gasteiger partial charge is 0.114 e. The number of anilines is 1. The fraction of sp³-hybridized carbons (Fsp3) is 0.0952. The molecular formula is C21H18ClN3. The third-order valence-electron chi connectivity index (χ3n) is 4.33. The van der Waals surface area contributed by atoms with Crippen LogP contribution in [0.1, 0.15) is 17.0 Å². The van der Waals surface area contributed by atoms with E-state index in [1.54, 1.807) is 0 Å². The van der Waals surface area contributed by atoms with E-state index in [0.717, 1.165) is 40.5 Å². The quantitative estimate of drug-likeness (QED) is 0.533. The second-order valence-electron chi connectivity index (χ2n) is 6.15. The molecule has 124 valence electrons. The lowest BCUT2D eigenvalue weighted by Gasteiger charge is -2.10. The van der Waals surface area contributed by atoms with E-state index in [9.17, 15) is 0 Å². The Morgan fingerprint density at radius 3 is 2.28 bits per heavy atom. The van der Waals surface area contributed by atoms with E-state index in [-0.39, 0.29) is 0 Å². The lowest BCUT2D eigenvalue weighted by Crippen LogP contribution is -2.06. The summed E-state index contributed by atoms with van der Waals surface area (Å²) in [5, 5.41) is 0.751. The molecule has 4 rings (SSSR count). The number of nitrogens with two attached hydrogens (primary N) is 1. The Kier molecular flexibility index (Phi) is 4.16. The van der Waals surface area contributed by atoms with Crippen molar-refractivity contribution in [1.82, 2.24) is 9.55 Å². The molecule has 0 radical (unpaired) electrons. The third kappa shape index (κ3) is 3.37. The highest BCUT2D eigenvalue weighted by Gasteiger charge is 2.11. The molecule has 0 aliphatic rings. The molecule has 0 fully saturated rings. The highest BCUT2D eigenvalue weighted by atomic mass is 35.5. The van der Waals surface area contributed by atoms with Crippen LogP contribution in [0.3, 0.4) is 0 Å². The molecule has 0 saturated carbocycles. The molecule has 1 aromatic heterocycles. The Morgan fingerprint density at radius 1 is 0.840 bits per heavy atom. The number of rotatable bonds is 4. The minimum atomic E-state index is 0.751. The number of benzene rings is 3. The number of fused-ring (bicyclic) bond motifs is 1. The van der Waals surface area contributed by atoms with Gasteiger partial charge in [-0.15, -0.1) is 0 Å². The molecule has 0 unspecified atom stereocenters. The maximum Gasteiger partial charge on any atom is 0.114 e. The second kappa shape index (κ2) is 6.61. The van der Waals surface area contributed by atoms with Crippen molar-refractivity contribution in [3.63, 3.8) is 0 Å². The Morgan fingerprint density at radius 2 is 1.52 bits per heavy atom. The topological polar surface area (TPSA) is 43.8 Å². The fourth-order valence-corrected chi connectivity index (χ4v) is 3.15. The average molecular weight is 348 g/mol. The number of hydrogen-bond acceptors (Lipinski definition) is 2. The van der Waals surface area contributed by atoms with Gasteiger partial charge in [-0.1, -0.05) is 48.0 Å². The largest absolute Gasteiger partial charge is 0.399 e. The van der Waals surface area contributed by atoms with E-state index < -0.39 is 0 Å². The van der Waals surface area contributed by atoms with E-state index in [2.05, 4.69) is 47.0 Å². The summed E-state index contributed by atoms with van der Waals surface area (Å²) in [5.74, 6) is 1.04. The molecule has 3 nitrogen and oxygen atoms in total. The van der Waals surface area contributed by atoms with Crippen LogP contribution < -0.4 is 5.73 Å². The van der Waals surface area contributed by atoms with Crippen LogP contribution in [-0.4, -0.2) is 9.55 Å². The summed E-state index contributed by atoms with van der Waals surface area (Å²) in [5.41, 5.74) is 11.1. The first-order valence-electron chi connectivity index (χ1n) is 8.22. The van der Waals surface area contributed by atoms with Gasteiger partial charge in [0, 0.05) is 23.7 Å². The van der Waals surface area contributed by atoms with Crippen LogP contribution in [0.2, 0.25) is 5.02 Å². The molecule has 0 atom stereocenters. The van der Waals surface area contributed by atoms with Gasteiger partial charge in [0.05, 0.1) is 11.0 Å². The van der Waals surface area contributed by atoms with Gasteiger partial charge in [0.15, 0.2) is 0 Å². The van der Waals surface area contributed by atoms with Crippen molar-refractivity contribution in [2.24, 2.45) is 0 Å². The Balaban J connectivity index is 1.74. The Hall–Kier alpha value is -2.78. The van der Waals surface area contributed by atoms with Gasteiger partial charge in [0.25, 0.3) is 0 Å². The molecule has 3 aromatic carbocycles. The molecule has 25 heavy (non-hydrogen) atoms. The van der Waals surface area contributed by atoms with Crippen molar-refractivity contribution in [3.8, 4) is 0 Å². The Labute approximate surface area is 151 Å². The predicted octanol–water partition coefficient (Wildman–Crippen LogP) is 4.91. The number of hydrogen-bond donors (Lipinski definition) is 1. The van der Waals surface area contributed by atoms with Crippen molar-refractivity contribution < 1.29 is 0 Å².